The first kappa shape index (κ1) is 47.3. The molecule has 5 heteroatoms. The van der Waals surface area contributed by atoms with E-state index in [0.29, 0.717) is 0 Å². The summed E-state index contributed by atoms with van der Waals surface area (Å²) < 4.78 is 1.31. The normalized spacial score (nSPS) is 11.4. The summed E-state index contributed by atoms with van der Waals surface area (Å²) in [7, 11) is 0. The van der Waals surface area contributed by atoms with E-state index in [2.05, 4.69) is 128 Å². The summed E-state index contributed by atoms with van der Waals surface area (Å²) in [4.78, 5) is 0. The summed E-state index contributed by atoms with van der Waals surface area (Å²) in [5.41, 5.74) is 18.7. The van der Waals surface area contributed by atoms with Crippen LogP contribution in [0.1, 0.15) is 86.1 Å². The van der Waals surface area contributed by atoms with Crippen molar-refractivity contribution >= 4 is 26.4 Å². The average molecular weight is 920 g/mol. The van der Waals surface area contributed by atoms with Gasteiger partial charge in [0.1, 0.15) is 0 Å². The molecule has 0 heterocycles. The topological polar surface area (TPSA) is 0 Å². The first-order chi connectivity index (χ1) is 26.6. The monoisotopic (exact) mass is 916 g/mol. The Morgan fingerprint density at radius 3 is 1.47 bits per heavy atom. The van der Waals surface area contributed by atoms with Gasteiger partial charge in [-0.3, -0.25) is 0 Å². The zero-order chi connectivity index (χ0) is 40.2. The fourth-order valence-electron chi connectivity index (χ4n) is 7.30. The molecule has 0 spiro atoms. The van der Waals surface area contributed by atoms with Crippen LogP contribution in [0, 0.1) is 19.9 Å². The van der Waals surface area contributed by atoms with Crippen LogP contribution in [0.5, 0.6) is 0 Å². The number of hydrogen-bond acceptors (Lipinski definition) is 0. The Morgan fingerprint density at radius 1 is 0.552 bits per heavy atom. The van der Waals surface area contributed by atoms with Crippen LogP contribution in [-0.4, -0.2) is 3.21 Å². The van der Waals surface area contributed by atoms with Gasteiger partial charge in [-0.1, -0.05) is 124 Å². The maximum absolute atomic E-state index is 5.86. The Labute approximate surface area is 384 Å². The molecular weight excluding hydrogens is 870 g/mol. The van der Waals surface area contributed by atoms with E-state index in [1.165, 1.54) is 105 Å². The van der Waals surface area contributed by atoms with Gasteiger partial charge in [-0.15, -0.1) is 28.8 Å². The van der Waals surface area contributed by atoms with Crippen LogP contribution >= 0.6 is 23.2 Å². The van der Waals surface area contributed by atoms with Crippen molar-refractivity contribution in [2.24, 2.45) is 0 Å². The SMILES string of the molecule is Cc1ccccc1-c1[c-]c2c(cc1C(C)(C)C)-c1cc(C(C)(C)C)c(-c3ccccc3C)cc1C2.Clc1ccc([C](=[Zr+2])c2ccc(Cl)cc2)cc1.[Cl-].[Cl-].c1cc[cH-]c1. The van der Waals surface area contributed by atoms with E-state index in [-0.39, 0.29) is 35.6 Å². The molecular formula is C53H50Cl4Zr-2. The van der Waals surface area contributed by atoms with E-state index in [0.717, 1.165) is 16.5 Å². The van der Waals surface area contributed by atoms with Crippen molar-refractivity contribution in [2.75, 3.05) is 0 Å². The van der Waals surface area contributed by atoms with Gasteiger partial charge in [0.15, 0.2) is 0 Å². The van der Waals surface area contributed by atoms with Gasteiger partial charge in [-0.05, 0) is 58.9 Å². The summed E-state index contributed by atoms with van der Waals surface area (Å²) in [5, 5.41) is 1.53. The van der Waals surface area contributed by atoms with E-state index in [1.54, 1.807) is 0 Å². The molecule has 1 aliphatic carbocycles. The third-order valence-corrected chi connectivity index (χ3v) is 12.3. The molecule has 0 saturated heterocycles. The summed E-state index contributed by atoms with van der Waals surface area (Å²) in [5.74, 6) is 0. The molecule has 0 unspecified atom stereocenters. The molecule has 0 aliphatic heterocycles. The number of halogens is 4. The number of rotatable bonds is 4. The van der Waals surface area contributed by atoms with Gasteiger partial charge in [0.2, 0.25) is 0 Å². The van der Waals surface area contributed by atoms with E-state index in [1.807, 2.05) is 78.9 Å². The molecule has 296 valence electrons. The van der Waals surface area contributed by atoms with Crippen molar-refractivity contribution < 1.29 is 49.0 Å². The number of hydrogen-bond donors (Lipinski definition) is 0. The predicted molar refractivity (Wildman–Crippen MR) is 239 cm³/mol. The zero-order valence-electron chi connectivity index (χ0n) is 34.6. The molecule has 0 aromatic heterocycles. The second kappa shape index (κ2) is 20.2. The molecule has 0 radical (unpaired) electrons. The largest absolute Gasteiger partial charge is 1.00 e. The van der Waals surface area contributed by atoms with Crippen molar-refractivity contribution in [1.29, 1.82) is 0 Å². The average Bonchev–Trinajstić information content (AvgIpc) is 3.86. The van der Waals surface area contributed by atoms with Crippen molar-refractivity contribution in [3.8, 4) is 33.4 Å². The predicted octanol–water partition coefficient (Wildman–Crippen LogP) is 9.13. The molecule has 0 bridgehead atoms. The maximum Gasteiger partial charge on any atom is -0.172 e. The van der Waals surface area contributed by atoms with Crippen molar-refractivity contribution in [3.63, 3.8) is 0 Å². The van der Waals surface area contributed by atoms with E-state index < -0.39 is 0 Å². The van der Waals surface area contributed by atoms with Gasteiger partial charge >= 0.3 is 120 Å². The number of fused-ring (bicyclic) bond motifs is 3. The number of aryl methyl sites for hydroxylation is 2. The van der Waals surface area contributed by atoms with Crippen LogP contribution in [0.15, 0.2) is 146 Å². The van der Waals surface area contributed by atoms with Gasteiger partial charge in [-0.2, -0.15) is 18.2 Å². The van der Waals surface area contributed by atoms with Crippen LogP contribution in [0.3, 0.4) is 0 Å². The Balaban J connectivity index is 0.000000268. The summed E-state index contributed by atoms with van der Waals surface area (Å²) >= 11 is 13.1. The van der Waals surface area contributed by atoms with E-state index in [9.17, 15) is 0 Å². The molecule has 58 heavy (non-hydrogen) atoms. The van der Waals surface area contributed by atoms with Crippen LogP contribution in [-0.2, 0) is 41.5 Å². The standard InChI is InChI=1S/C35H37.C13H8Cl2.C5H5.2ClH.Zr/c1-22-13-9-11-15-26(22)30-18-24-17-25-19-31(27-16-12-10-14-23(27)2)33(35(6,7)8)21-29(25)28(24)20-32(30)34(3,4)5;14-12-5-1-10(2-6-12)9-11-3-7-13(15)8-4-11;1-2-4-5-3-1;;;/h9-16,18,20-21H,17H2,1-8H3;1-8H;1-5H;2*1H;/q-1;;-1;;;+2/p-2. The van der Waals surface area contributed by atoms with Crippen LogP contribution in [0.2, 0.25) is 10.0 Å². The summed E-state index contributed by atoms with van der Waals surface area (Å²) in [6.07, 6.45) is 0.942. The Kier molecular flexibility index (Phi) is 16.5. The van der Waals surface area contributed by atoms with Crippen LogP contribution in [0.4, 0.5) is 0 Å². The molecule has 8 rings (SSSR count). The van der Waals surface area contributed by atoms with Gasteiger partial charge in [0.25, 0.3) is 0 Å². The fourth-order valence-corrected chi connectivity index (χ4v) is 8.37. The summed E-state index contributed by atoms with van der Waals surface area (Å²) in [6.45, 7) is 18.4. The zero-order valence-corrected chi connectivity index (χ0v) is 40.1. The molecule has 0 amide bonds. The minimum atomic E-state index is 0. The second-order valence-electron chi connectivity index (χ2n) is 16.7. The molecule has 0 N–H and O–H groups in total. The second-order valence-corrected chi connectivity index (χ2v) is 18.8. The first-order valence-electron chi connectivity index (χ1n) is 19.3. The fraction of sp³-hybridized carbons (Fsp3) is 0.208. The van der Waals surface area contributed by atoms with Gasteiger partial charge in [0, 0.05) is 0 Å². The van der Waals surface area contributed by atoms with Crippen molar-refractivity contribution in [3.05, 3.63) is 206 Å². The minimum Gasteiger partial charge on any atom is -1.00 e. The van der Waals surface area contributed by atoms with Crippen LogP contribution in [0.25, 0.3) is 33.4 Å². The van der Waals surface area contributed by atoms with E-state index in [4.69, 9.17) is 23.2 Å². The smallest absolute Gasteiger partial charge is 0.172 e. The molecule has 1 aliphatic rings. The Morgan fingerprint density at radius 2 is 1.02 bits per heavy atom. The van der Waals surface area contributed by atoms with Crippen molar-refractivity contribution in [2.45, 2.75) is 72.6 Å². The Bertz CT molecular complexity index is 2270. The van der Waals surface area contributed by atoms with E-state index >= 15 is 0 Å². The molecule has 0 saturated carbocycles. The molecule has 0 atom stereocenters. The van der Waals surface area contributed by atoms with Gasteiger partial charge in [-0.25, -0.2) is 12.1 Å². The molecule has 7 aromatic carbocycles. The van der Waals surface area contributed by atoms with Gasteiger partial charge < -0.3 is 24.8 Å². The third-order valence-electron chi connectivity index (χ3n) is 10.3. The minimum absolute atomic E-state index is 0. The van der Waals surface area contributed by atoms with Gasteiger partial charge in [0.05, 0.1) is 0 Å². The van der Waals surface area contributed by atoms with Crippen molar-refractivity contribution in [1.82, 2.24) is 0 Å². The number of benzene rings is 6. The molecule has 0 fully saturated rings. The Hall–Kier alpha value is -3.42. The summed E-state index contributed by atoms with van der Waals surface area (Å²) in [6, 6.07) is 54.7. The molecule has 0 nitrogen and oxygen atoms in total. The molecule has 7 aromatic rings. The van der Waals surface area contributed by atoms with Crippen LogP contribution < -0.4 is 24.8 Å². The first-order valence-corrected chi connectivity index (χ1v) is 21.3. The maximum atomic E-state index is 5.86. The third kappa shape index (κ3) is 11.2. The quantitative estimate of drug-likeness (QED) is 0.155.